The van der Waals surface area contributed by atoms with Crippen LogP contribution in [0.3, 0.4) is 0 Å². The van der Waals surface area contributed by atoms with Crippen LogP contribution in [0.4, 0.5) is 0 Å². The molecule has 1 aliphatic heterocycles. The molecule has 0 spiro atoms. The molecule has 0 saturated carbocycles. The van der Waals surface area contributed by atoms with Gasteiger partial charge in [-0.05, 0) is 32.9 Å². The van der Waals surface area contributed by atoms with E-state index in [1.54, 1.807) is 12.1 Å². The number of hydrogen-bond acceptors (Lipinski definition) is 5. The van der Waals surface area contributed by atoms with Crippen molar-refractivity contribution in [1.82, 2.24) is 10.6 Å². The highest BCUT2D eigenvalue weighted by molar-refractivity contribution is 5.95. The molecular formula is C17H26N2O4. The molecule has 0 radical (unpaired) electrons. The molecule has 1 aromatic carbocycles. The van der Waals surface area contributed by atoms with E-state index in [0.717, 1.165) is 13.1 Å². The largest absolute Gasteiger partial charge is 0.490 e. The summed E-state index contributed by atoms with van der Waals surface area (Å²) in [5, 5.41) is 6.15. The molecule has 2 rings (SSSR count). The van der Waals surface area contributed by atoms with Gasteiger partial charge in [-0.3, -0.25) is 4.79 Å². The summed E-state index contributed by atoms with van der Waals surface area (Å²) in [6, 6.07) is 3.43. The molecule has 0 aliphatic carbocycles. The first-order valence-electron chi connectivity index (χ1n) is 8.24. The van der Waals surface area contributed by atoms with E-state index in [9.17, 15) is 4.79 Å². The van der Waals surface area contributed by atoms with E-state index in [0.29, 0.717) is 55.1 Å². The van der Waals surface area contributed by atoms with Crippen molar-refractivity contribution in [1.29, 1.82) is 0 Å². The molecule has 1 saturated heterocycles. The van der Waals surface area contributed by atoms with Crippen molar-refractivity contribution < 1.29 is 19.0 Å². The number of nitrogens with one attached hydrogen (secondary N) is 2. The summed E-state index contributed by atoms with van der Waals surface area (Å²) < 4.78 is 16.9. The lowest BCUT2D eigenvalue weighted by Gasteiger charge is -2.27. The summed E-state index contributed by atoms with van der Waals surface area (Å²) in [4.78, 5) is 12.4. The molecule has 128 valence electrons. The number of amides is 1. The lowest BCUT2D eigenvalue weighted by molar-refractivity contribution is 0.0941. The van der Waals surface area contributed by atoms with E-state index in [1.165, 1.54) is 0 Å². The maximum Gasteiger partial charge on any atom is 0.251 e. The second-order valence-corrected chi connectivity index (χ2v) is 5.33. The Morgan fingerprint density at radius 1 is 1.09 bits per heavy atom. The average Bonchev–Trinajstić information content (AvgIpc) is 2.49. The molecule has 0 unspecified atom stereocenters. The normalized spacial score (nSPS) is 14.0. The molecule has 2 N–H and O–H groups in total. The molecule has 0 bridgehead atoms. The van der Waals surface area contributed by atoms with Gasteiger partial charge >= 0.3 is 0 Å². The quantitative estimate of drug-likeness (QED) is 0.726. The van der Waals surface area contributed by atoms with Gasteiger partial charge in [-0.1, -0.05) is 0 Å². The van der Waals surface area contributed by atoms with Gasteiger partial charge in [-0.15, -0.1) is 0 Å². The summed E-state index contributed by atoms with van der Waals surface area (Å²) in [7, 11) is 0. The van der Waals surface area contributed by atoms with Crippen molar-refractivity contribution >= 4 is 5.91 Å². The molecule has 1 fully saturated rings. The van der Waals surface area contributed by atoms with E-state index in [2.05, 4.69) is 10.6 Å². The zero-order valence-electron chi connectivity index (χ0n) is 14.1. The second-order valence-electron chi connectivity index (χ2n) is 5.33. The van der Waals surface area contributed by atoms with Crippen LogP contribution >= 0.6 is 0 Å². The maximum absolute atomic E-state index is 12.4. The van der Waals surface area contributed by atoms with Gasteiger partial charge in [0.15, 0.2) is 11.5 Å². The Morgan fingerprint density at radius 2 is 1.65 bits per heavy atom. The molecule has 1 heterocycles. The van der Waals surface area contributed by atoms with Crippen molar-refractivity contribution in [3.8, 4) is 17.2 Å². The lowest BCUT2D eigenvalue weighted by Crippen LogP contribution is -2.48. The first-order valence-corrected chi connectivity index (χ1v) is 8.24. The Hall–Kier alpha value is -1.95. The minimum atomic E-state index is -0.123. The van der Waals surface area contributed by atoms with E-state index < -0.39 is 0 Å². The van der Waals surface area contributed by atoms with Gasteiger partial charge in [-0.2, -0.15) is 0 Å². The third-order valence-electron chi connectivity index (χ3n) is 3.59. The first-order chi connectivity index (χ1) is 11.2. The van der Waals surface area contributed by atoms with Gasteiger partial charge < -0.3 is 24.8 Å². The van der Waals surface area contributed by atoms with Crippen molar-refractivity contribution in [3.05, 3.63) is 17.7 Å². The van der Waals surface area contributed by atoms with Crippen molar-refractivity contribution in [2.45, 2.75) is 20.8 Å². The molecule has 1 amide bonds. The average molecular weight is 322 g/mol. The van der Waals surface area contributed by atoms with E-state index in [4.69, 9.17) is 14.2 Å². The maximum atomic E-state index is 12.4. The highest BCUT2D eigenvalue weighted by Gasteiger charge is 2.20. The van der Waals surface area contributed by atoms with Crippen LogP contribution in [-0.4, -0.2) is 45.4 Å². The topological polar surface area (TPSA) is 68.8 Å². The first kappa shape index (κ1) is 17.4. The zero-order valence-corrected chi connectivity index (χ0v) is 14.1. The zero-order chi connectivity index (χ0) is 16.7. The molecule has 0 aromatic heterocycles. The Balaban J connectivity index is 2.21. The van der Waals surface area contributed by atoms with E-state index in [1.807, 2.05) is 20.8 Å². The molecule has 1 aromatic rings. The Bertz CT molecular complexity index is 502. The van der Waals surface area contributed by atoms with Crippen molar-refractivity contribution in [2.75, 3.05) is 39.5 Å². The predicted molar refractivity (Wildman–Crippen MR) is 88.6 cm³/mol. The fourth-order valence-corrected chi connectivity index (χ4v) is 2.35. The van der Waals surface area contributed by atoms with Crippen LogP contribution in [0.5, 0.6) is 17.2 Å². The van der Waals surface area contributed by atoms with Gasteiger partial charge in [0.1, 0.15) is 0 Å². The molecule has 6 heteroatoms. The summed E-state index contributed by atoms with van der Waals surface area (Å²) in [6.07, 6.45) is 0. The van der Waals surface area contributed by atoms with Gasteiger partial charge in [0, 0.05) is 31.1 Å². The Morgan fingerprint density at radius 3 is 2.09 bits per heavy atom. The molecule has 6 nitrogen and oxygen atoms in total. The minimum absolute atomic E-state index is 0.123. The fraction of sp³-hybridized carbons (Fsp3) is 0.588. The molecule has 23 heavy (non-hydrogen) atoms. The number of carbonyl (C=O) groups is 1. The summed E-state index contributed by atoms with van der Waals surface area (Å²) >= 11 is 0. The van der Waals surface area contributed by atoms with Crippen LogP contribution in [0.25, 0.3) is 0 Å². The highest BCUT2D eigenvalue weighted by atomic mass is 16.5. The summed E-state index contributed by atoms with van der Waals surface area (Å²) in [5.41, 5.74) is 0.521. The predicted octanol–water partition coefficient (Wildman–Crippen LogP) is 1.83. The molecule has 1 aliphatic rings. The number of rotatable bonds is 9. The lowest BCUT2D eigenvalue weighted by atomic mass is 10.0. The monoisotopic (exact) mass is 322 g/mol. The Labute approximate surface area is 137 Å². The van der Waals surface area contributed by atoms with Crippen LogP contribution in [0.2, 0.25) is 0 Å². The number of hydrogen-bond donors (Lipinski definition) is 2. The van der Waals surface area contributed by atoms with Gasteiger partial charge in [0.25, 0.3) is 5.91 Å². The number of carbonyl (C=O) groups excluding carboxylic acids is 1. The fourth-order valence-electron chi connectivity index (χ4n) is 2.35. The second kappa shape index (κ2) is 8.62. The van der Waals surface area contributed by atoms with Gasteiger partial charge in [0.05, 0.1) is 19.8 Å². The number of benzene rings is 1. The number of ether oxygens (including phenoxy) is 3. The van der Waals surface area contributed by atoms with Crippen LogP contribution in [0.1, 0.15) is 31.1 Å². The SMILES string of the molecule is CCOc1cc(C(=O)NCC2CNC2)cc(OCC)c1OCC. The van der Waals surface area contributed by atoms with Crippen LogP contribution in [-0.2, 0) is 0 Å². The minimum Gasteiger partial charge on any atom is -0.490 e. The van der Waals surface area contributed by atoms with Crippen LogP contribution in [0.15, 0.2) is 12.1 Å². The van der Waals surface area contributed by atoms with Crippen LogP contribution < -0.4 is 24.8 Å². The standard InChI is InChI=1S/C17H26N2O4/c1-4-21-14-7-13(17(20)19-11-12-9-18-10-12)8-15(22-5-2)16(14)23-6-3/h7-8,12,18H,4-6,9-11H2,1-3H3,(H,19,20). The van der Waals surface area contributed by atoms with E-state index in [-0.39, 0.29) is 5.91 Å². The van der Waals surface area contributed by atoms with Crippen LogP contribution in [0, 0.1) is 5.92 Å². The molecular weight excluding hydrogens is 296 g/mol. The third-order valence-corrected chi connectivity index (χ3v) is 3.59. The van der Waals surface area contributed by atoms with Gasteiger partial charge in [-0.25, -0.2) is 0 Å². The van der Waals surface area contributed by atoms with Gasteiger partial charge in [0.2, 0.25) is 5.75 Å². The smallest absolute Gasteiger partial charge is 0.251 e. The van der Waals surface area contributed by atoms with Crippen molar-refractivity contribution in [2.24, 2.45) is 5.92 Å². The Kier molecular flexibility index (Phi) is 6.52. The molecule has 0 atom stereocenters. The summed E-state index contributed by atoms with van der Waals surface area (Å²) in [5.74, 6) is 2.02. The van der Waals surface area contributed by atoms with Crippen molar-refractivity contribution in [3.63, 3.8) is 0 Å². The summed E-state index contributed by atoms with van der Waals surface area (Å²) in [6.45, 7) is 9.76. The third kappa shape index (κ3) is 4.51. The van der Waals surface area contributed by atoms with E-state index >= 15 is 0 Å². The highest BCUT2D eigenvalue weighted by Crippen LogP contribution is 2.39.